The minimum Gasteiger partial charge on any atom is -0.342 e. The van der Waals surface area contributed by atoms with E-state index in [4.69, 9.17) is 4.98 Å². The molecule has 5 rings (SSSR count). The topological polar surface area (TPSA) is 69.3 Å². The Morgan fingerprint density at radius 2 is 1.77 bits per heavy atom. The van der Waals surface area contributed by atoms with E-state index in [-0.39, 0.29) is 17.4 Å². The summed E-state index contributed by atoms with van der Waals surface area (Å²) in [4.78, 5) is 38.1. The van der Waals surface area contributed by atoms with E-state index in [0.29, 0.717) is 19.0 Å². The van der Waals surface area contributed by atoms with Crippen LogP contribution in [0.2, 0.25) is 0 Å². The number of aromatic nitrogens is 2. The van der Waals surface area contributed by atoms with Crippen molar-refractivity contribution in [2.24, 2.45) is 5.92 Å². The van der Waals surface area contributed by atoms with Crippen molar-refractivity contribution < 1.29 is 4.79 Å². The van der Waals surface area contributed by atoms with Gasteiger partial charge in [-0.3, -0.25) is 14.5 Å². The molecule has 0 radical (unpaired) electrons. The van der Waals surface area contributed by atoms with Gasteiger partial charge in [0, 0.05) is 50.1 Å². The molecule has 1 N–H and O–H groups in total. The van der Waals surface area contributed by atoms with Gasteiger partial charge in [0.1, 0.15) is 5.82 Å². The average molecular weight is 427 g/mol. The van der Waals surface area contributed by atoms with Crippen molar-refractivity contribution >= 4 is 5.91 Å². The molecule has 170 valence electrons. The first kappa shape index (κ1) is 21.2. The van der Waals surface area contributed by atoms with Gasteiger partial charge in [0.25, 0.3) is 5.56 Å². The molecule has 0 spiro atoms. The third-order valence-corrected chi connectivity index (χ3v) is 8.38. The van der Waals surface area contributed by atoms with Gasteiger partial charge in [0.15, 0.2) is 0 Å². The molecule has 3 heterocycles. The predicted octanol–water partition coefficient (Wildman–Crippen LogP) is 3.75. The molecular formula is C25H38N4O2. The van der Waals surface area contributed by atoms with E-state index < -0.39 is 0 Å². The smallest absolute Gasteiger partial charge is 0.254 e. The van der Waals surface area contributed by atoms with Crippen molar-refractivity contribution in [3.05, 3.63) is 27.4 Å². The highest BCUT2D eigenvalue weighted by Crippen LogP contribution is 2.31. The molecular weight excluding hydrogens is 388 g/mol. The molecule has 31 heavy (non-hydrogen) atoms. The lowest BCUT2D eigenvalue weighted by atomic mass is 9.92. The molecule has 1 aromatic rings. The molecule has 6 nitrogen and oxygen atoms in total. The van der Waals surface area contributed by atoms with E-state index in [9.17, 15) is 9.59 Å². The van der Waals surface area contributed by atoms with E-state index in [0.717, 1.165) is 61.9 Å². The van der Waals surface area contributed by atoms with Crippen molar-refractivity contribution in [3.63, 3.8) is 0 Å². The van der Waals surface area contributed by atoms with Crippen molar-refractivity contribution in [2.75, 3.05) is 19.6 Å². The SMILES string of the molecule is O=C(CCC1CCCC1)N1CC[C@H](c2nc3c(c(=O)[nH]2)CCN(C2CCCCC2)C3)C1. The van der Waals surface area contributed by atoms with Crippen molar-refractivity contribution in [2.45, 2.75) is 102 Å². The van der Waals surface area contributed by atoms with Crippen molar-refractivity contribution in [3.8, 4) is 0 Å². The summed E-state index contributed by atoms with van der Waals surface area (Å²) in [7, 11) is 0. The lowest BCUT2D eigenvalue weighted by Gasteiger charge is -2.37. The van der Waals surface area contributed by atoms with E-state index in [1.54, 1.807) is 0 Å². The van der Waals surface area contributed by atoms with Crippen molar-refractivity contribution in [1.29, 1.82) is 0 Å². The summed E-state index contributed by atoms with van der Waals surface area (Å²) in [6, 6.07) is 0.658. The fourth-order valence-corrected chi connectivity index (χ4v) is 6.43. The molecule has 0 unspecified atom stereocenters. The van der Waals surface area contributed by atoms with Gasteiger partial charge in [0.2, 0.25) is 5.91 Å². The minimum absolute atomic E-state index is 0.0503. The molecule has 4 aliphatic rings. The molecule has 1 amide bonds. The number of H-pyrrole nitrogens is 1. The lowest BCUT2D eigenvalue weighted by molar-refractivity contribution is -0.130. The summed E-state index contributed by atoms with van der Waals surface area (Å²) in [6.07, 6.45) is 15.3. The molecule has 2 aliphatic heterocycles. The largest absolute Gasteiger partial charge is 0.342 e. The second-order valence-corrected chi connectivity index (χ2v) is 10.4. The Hall–Kier alpha value is -1.69. The van der Waals surface area contributed by atoms with Crippen LogP contribution in [0.25, 0.3) is 0 Å². The fourth-order valence-electron chi connectivity index (χ4n) is 6.43. The number of carbonyl (C=O) groups is 1. The first-order valence-corrected chi connectivity index (χ1v) is 12.8. The number of likely N-dealkylation sites (tertiary alicyclic amines) is 1. The highest BCUT2D eigenvalue weighted by molar-refractivity contribution is 5.76. The molecule has 1 saturated heterocycles. The quantitative estimate of drug-likeness (QED) is 0.779. The van der Waals surface area contributed by atoms with Crippen LogP contribution < -0.4 is 5.56 Å². The van der Waals surface area contributed by atoms with E-state index in [1.807, 2.05) is 4.90 Å². The summed E-state index contributed by atoms with van der Waals surface area (Å²) in [5.41, 5.74) is 1.93. The molecule has 6 heteroatoms. The number of hydrogen-bond acceptors (Lipinski definition) is 4. The zero-order valence-electron chi connectivity index (χ0n) is 18.9. The number of amides is 1. The van der Waals surface area contributed by atoms with Gasteiger partial charge >= 0.3 is 0 Å². The standard InChI is InChI=1S/C25H38N4O2/c30-23(11-10-18-6-4-5-7-18)29-14-12-19(16-29)24-26-22-17-28(20-8-2-1-3-9-20)15-13-21(22)25(31)27-24/h18-20H,1-17H2,(H,26,27,31)/t19-/m0/s1. The van der Waals surface area contributed by atoms with Crippen LogP contribution in [0.1, 0.15) is 100 Å². The molecule has 2 saturated carbocycles. The zero-order valence-corrected chi connectivity index (χ0v) is 18.9. The normalized spacial score (nSPS) is 25.8. The number of nitrogens with one attached hydrogen (secondary N) is 1. The Balaban J connectivity index is 1.22. The lowest BCUT2D eigenvalue weighted by Crippen LogP contribution is -2.42. The molecule has 1 atom stereocenters. The Bertz CT molecular complexity index is 838. The first-order chi connectivity index (χ1) is 15.2. The van der Waals surface area contributed by atoms with Crippen LogP contribution in [0.15, 0.2) is 4.79 Å². The number of carbonyl (C=O) groups excluding carboxylic acids is 1. The Morgan fingerprint density at radius 1 is 1.00 bits per heavy atom. The van der Waals surface area contributed by atoms with Gasteiger partial charge in [-0.05, 0) is 38.0 Å². The summed E-state index contributed by atoms with van der Waals surface area (Å²) in [6.45, 7) is 3.29. The zero-order chi connectivity index (χ0) is 21.2. The molecule has 3 fully saturated rings. The number of fused-ring (bicyclic) bond motifs is 1. The minimum atomic E-state index is 0.0503. The highest BCUT2D eigenvalue weighted by atomic mass is 16.2. The Morgan fingerprint density at radius 3 is 2.58 bits per heavy atom. The number of nitrogens with zero attached hydrogens (tertiary/aromatic N) is 3. The third kappa shape index (κ3) is 4.74. The van der Waals surface area contributed by atoms with Gasteiger partial charge in [-0.25, -0.2) is 4.98 Å². The summed E-state index contributed by atoms with van der Waals surface area (Å²) < 4.78 is 0. The Labute approximate surface area is 185 Å². The molecule has 2 aliphatic carbocycles. The van der Waals surface area contributed by atoms with Crippen LogP contribution in [-0.2, 0) is 17.8 Å². The summed E-state index contributed by atoms with van der Waals surface area (Å²) >= 11 is 0. The summed E-state index contributed by atoms with van der Waals surface area (Å²) in [5, 5.41) is 0. The van der Waals surface area contributed by atoms with Crippen LogP contribution in [0.4, 0.5) is 0 Å². The van der Waals surface area contributed by atoms with E-state index in [2.05, 4.69) is 9.88 Å². The second kappa shape index (κ2) is 9.43. The first-order valence-electron chi connectivity index (χ1n) is 12.8. The van der Waals surface area contributed by atoms with Crippen LogP contribution in [0, 0.1) is 5.92 Å². The number of hydrogen-bond donors (Lipinski definition) is 1. The van der Waals surface area contributed by atoms with Crippen LogP contribution in [0.5, 0.6) is 0 Å². The van der Waals surface area contributed by atoms with Gasteiger partial charge in [-0.1, -0.05) is 44.9 Å². The predicted molar refractivity (Wildman–Crippen MR) is 121 cm³/mol. The van der Waals surface area contributed by atoms with E-state index >= 15 is 0 Å². The molecule has 1 aromatic heterocycles. The Kier molecular flexibility index (Phi) is 6.44. The van der Waals surface area contributed by atoms with Crippen LogP contribution in [-0.4, -0.2) is 51.4 Å². The summed E-state index contributed by atoms with van der Waals surface area (Å²) in [5.74, 6) is 2.02. The monoisotopic (exact) mass is 426 g/mol. The number of aromatic amines is 1. The molecule has 0 bridgehead atoms. The third-order valence-electron chi connectivity index (χ3n) is 8.38. The fraction of sp³-hybridized carbons (Fsp3) is 0.800. The van der Waals surface area contributed by atoms with Gasteiger partial charge in [-0.15, -0.1) is 0 Å². The maximum atomic E-state index is 12.8. The molecule has 0 aromatic carbocycles. The van der Waals surface area contributed by atoms with Gasteiger partial charge in [-0.2, -0.15) is 0 Å². The van der Waals surface area contributed by atoms with Crippen LogP contribution >= 0.6 is 0 Å². The highest BCUT2D eigenvalue weighted by Gasteiger charge is 2.32. The van der Waals surface area contributed by atoms with Gasteiger partial charge < -0.3 is 9.88 Å². The number of rotatable bonds is 5. The van der Waals surface area contributed by atoms with E-state index in [1.165, 1.54) is 57.8 Å². The average Bonchev–Trinajstić information content (AvgIpc) is 3.50. The second-order valence-electron chi connectivity index (χ2n) is 10.4. The maximum Gasteiger partial charge on any atom is 0.254 e. The maximum absolute atomic E-state index is 12.8. The van der Waals surface area contributed by atoms with Gasteiger partial charge in [0.05, 0.1) is 5.69 Å². The van der Waals surface area contributed by atoms with Crippen molar-refractivity contribution in [1.82, 2.24) is 19.8 Å². The van der Waals surface area contributed by atoms with Crippen LogP contribution in [0.3, 0.4) is 0 Å².